The molecule has 0 bridgehead atoms. The average molecular weight is 259 g/mol. The van der Waals surface area contributed by atoms with Crippen LogP contribution in [0.2, 0.25) is 5.02 Å². The van der Waals surface area contributed by atoms with Crippen molar-refractivity contribution in [1.29, 1.82) is 0 Å². The van der Waals surface area contributed by atoms with E-state index in [-0.39, 0.29) is 22.9 Å². The maximum absolute atomic E-state index is 11.6. The normalized spacial score (nSPS) is 9.82. The number of ether oxygens (including phenoxy) is 2. The van der Waals surface area contributed by atoms with Gasteiger partial charge in [0.05, 0.1) is 19.3 Å². The standard InChI is InChI=1S/C11H11ClO5/c1-3-17-11(15)10(14)7-4-6(12)5-8(16-2)9(7)13/h4-5,13H,3H2,1-2H3. The molecule has 1 aromatic carbocycles. The van der Waals surface area contributed by atoms with Crippen molar-refractivity contribution in [3.8, 4) is 11.5 Å². The van der Waals surface area contributed by atoms with Gasteiger partial charge in [-0.2, -0.15) is 0 Å². The van der Waals surface area contributed by atoms with Crippen molar-refractivity contribution in [3.05, 3.63) is 22.7 Å². The van der Waals surface area contributed by atoms with Crippen LogP contribution in [0, 0.1) is 0 Å². The molecule has 92 valence electrons. The molecule has 0 aliphatic rings. The first-order valence-electron chi connectivity index (χ1n) is 4.79. The first kappa shape index (κ1) is 13.3. The summed E-state index contributed by atoms with van der Waals surface area (Å²) in [6.07, 6.45) is 0. The smallest absolute Gasteiger partial charge is 0.379 e. The number of ketones is 1. The number of rotatable bonds is 4. The zero-order valence-corrected chi connectivity index (χ0v) is 10.1. The molecule has 0 amide bonds. The minimum atomic E-state index is -1.05. The van der Waals surface area contributed by atoms with Crippen LogP contribution in [0.25, 0.3) is 0 Å². The van der Waals surface area contributed by atoms with Crippen molar-refractivity contribution in [2.24, 2.45) is 0 Å². The number of carbonyl (C=O) groups is 2. The Bertz CT molecular complexity index is 455. The number of methoxy groups -OCH3 is 1. The summed E-state index contributed by atoms with van der Waals surface area (Å²) in [7, 11) is 1.31. The molecule has 1 rings (SSSR count). The van der Waals surface area contributed by atoms with Gasteiger partial charge >= 0.3 is 5.97 Å². The average Bonchev–Trinajstić information content (AvgIpc) is 2.31. The Morgan fingerprint density at radius 1 is 1.41 bits per heavy atom. The molecule has 1 aromatic rings. The van der Waals surface area contributed by atoms with E-state index in [1.807, 2.05) is 0 Å². The van der Waals surface area contributed by atoms with Crippen molar-refractivity contribution in [2.45, 2.75) is 6.92 Å². The van der Waals surface area contributed by atoms with Crippen LogP contribution in [0.3, 0.4) is 0 Å². The highest BCUT2D eigenvalue weighted by Crippen LogP contribution is 2.33. The molecule has 0 radical (unpaired) electrons. The molecule has 0 aromatic heterocycles. The lowest BCUT2D eigenvalue weighted by molar-refractivity contribution is -0.137. The monoisotopic (exact) mass is 258 g/mol. The maximum atomic E-state index is 11.6. The SMILES string of the molecule is CCOC(=O)C(=O)c1cc(Cl)cc(OC)c1O. The highest BCUT2D eigenvalue weighted by Gasteiger charge is 2.23. The van der Waals surface area contributed by atoms with Crippen LogP contribution in [-0.4, -0.2) is 30.6 Å². The molecule has 0 unspecified atom stereocenters. The van der Waals surface area contributed by atoms with E-state index in [1.165, 1.54) is 19.2 Å². The van der Waals surface area contributed by atoms with Gasteiger partial charge in [0.25, 0.3) is 5.78 Å². The summed E-state index contributed by atoms with van der Waals surface area (Å²) in [6.45, 7) is 1.65. The number of phenols is 1. The summed E-state index contributed by atoms with van der Waals surface area (Å²) in [5, 5.41) is 9.86. The Kier molecular flexibility index (Phi) is 4.34. The number of phenolic OH excluding ortho intramolecular Hbond substituents is 1. The van der Waals surface area contributed by atoms with Crippen LogP contribution in [0.5, 0.6) is 11.5 Å². The van der Waals surface area contributed by atoms with Gasteiger partial charge in [-0.25, -0.2) is 4.79 Å². The van der Waals surface area contributed by atoms with Gasteiger partial charge in [-0.3, -0.25) is 4.79 Å². The van der Waals surface area contributed by atoms with Gasteiger partial charge in [-0.15, -0.1) is 0 Å². The predicted molar refractivity (Wildman–Crippen MR) is 60.6 cm³/mol. The van der Waals surface area contributed by atoms with E-state index in [0.29, 0.717) is 0 Å². The van der Waals surface area contributed by atoms with Gasteiger partial charge < -0.3 is 14.6 Å². The van der Waals surface area contributed by atoms with E-state index in [4.69, 9.17) is 16.3 Å². The van der Waals surface area contributed by atoms with Crippen LogP contribution in [0.1, 0.15) is 17.3 Å². The van der Waals surface area contributed by atoms with Crippen molar-refractivity contribution >= 4 is 23.4 Å². The third-order valence-corrected chi connectivity index (χ3v) is 2.18. The summed E-state index contributed by atoms with van der Waals surface area (Å²) in [5.41, 5.74) is -0.243. The predicted octanol–water partition coefficient (Wildman–Crippen LogP) is 1.80. The van der Waals surface area contributed by atoms with E-state index in [9.17, 15) is 14.7 Å². The zero-order valence-electron chi connectivity index (χ0n) is 9.32. The molecule has 5 nitrogen and oxygen atoms in total. The quantitative estimate of drug-likeness (QED) is 0.506. The molecule has 0 fully saturated rings. The fraction of sp³-hybridized carbons (Fsp3) is 0.273. The lowest BCUT2D eigenvalue weighted by Gasteiger charge is -2.08. The van der Waals surface area contributed by atoms with Crippen LogP contribution in [-0.2, 0) is 9.53 Å². The molecule has 0 saturated carbocycles. The van der Waals surface area contributed by atoms with Crippen molar-refractivity contribution in [3.63, 3.8) is 0 Å². The van der Waals surface area contributed by atoms with E-state index < -0.39 is 17.5 Å². The van der Waals surface area contributed by atoms with Gasteiger partial charge in [0.15, 0.2) is 11.5 Å². The highest BCUT2D eigenvalue weighted by molar-refractivity contribution is 6.42. The Morgan fingerprint density at radius 3 is 2.59 bits per heavy atom. The molecule has 0 heterocycles. The van der Waals surface area contributed by atoms with Crippen molar-refractivity contribution in [2.75, 3.05) is 13.7 Å². The number of halogens is 1. The van der Waals surface area contributed by atoms with Crippen LogP contribution < -0.4 is 4.74 Å². The molecule has 17 heavy (non-hydrogen) atoms. The molecule has 0 aliphatic carbocycles. The molecule has 0 saturated heterocycles. The number of esters is 1. The second-order valence-electron chi connectivity index (χ2n) is 3.05. The van der Waals surface area contributed by atoms with E-state index in [1.54, 1.807) is 6.92 Å². The molecular weight excluding hydrogens is 248 g/mol. The Hall–Kier alpha value is -1.75. The van der Waals surface area contributed by atoms with E-state index in [2.05, 4.69) is 4.74 Å². The third kappa shape index (κ3) is 2.88. The molecule has 0 spiro atoms. The lowest BCUT2D eigenvalue weighted by Crippen LogP contribution is -2.17. The molecule has 1 N–H and O–H groups in total. The number of benzene rings is 1. The second-order valence-corrected chi connectivity index (χ2v) is 3.49. The molecule has 6 heteroatoms. The summed E-state index contributed by atoms with van der Waals surface area (Å²) < 4.78 is 9.36. The molecule has 0 aliphatic heterocycles. The Labute approximate surface area is 103 Å². The first-order chi connectivity index (χ1) is 8.01. The zero-order chi connectivity index (χ0) is 13.0. The minimum Gasteiger partial charge on any atom is -0.504 e. The number of hydrogen-bond acceptors (Lipinski definition) is 5. The van der Waals surface area contributed by atoms with Gasteiger partial charge in [-0.1, -0.05) is 11.6 Å². The Balaban J connectivity index is 3.17. The van der Waals surface area contributed by atoms with E-state index in [0.717, 1.165) is 0 Å². The molecule has 0 atom stereocenters. The fourth-order valence-corrected chi connectivity index (χ4v) is 1.42. The highest BCUT2D eigenvalue weighted by atomic mass is 35.5. The maximum Gasteiger partial charge on any atom is 0.379 e. The number of aromatic hydroxyl groups is 1. The van der Waals surface area contributed by atoms with Crippen molar-refractivity contribution in [1.82, 2.24) is 0 Å². The summed E-state index contributed by atoms with van der Waals surface area (Å²) >= 11 is 5.73. The summed E-state index contributed by atoms with van der Waals surface area (Å²) in [4.78, 5) is 22.9. The number of carbonyl (C=O) groups excluding carboxylic acids is 2. The van der Waals surface area contributed by atoms with Gasteiger partial charge in [0, 0.05) is 11.1 Å². The van der Waals surface area contributed by atoms with Crippen LogP contribution in [0.4, 0.5) is 0 Å². The molecular formula is C11H11ClO5. The van der Waals surface area contributed by atoms with E-state index >= 15 is 0 Å². The Morgan fingerprint density at radius 2 is 2.06 bits per heavy atom. The summed E-state index contributed by atoms with van der Waals surface area (Å²) in [5.74, 6) is -2.43. The van der Waals surface area contributed by atoms with Gasteiger partial charge in [0.2, 0.25) is 0 Å². The topological polar surface area (TPSA) is 72.8 Å². The number of Topliss-reactive ketones (excluding diaryl/α,β-unsaturated/α-hetero) is 1. The lowest BCUT2D eigenvalue weighted by atomic mass is 10.1. The van der Waals surface area contributed by atoms with Crippen LogP contribution in [0.15, 0.2) is 12.1 Å². The van der Waals surface area contributed by atoms with Gasteiger partial charge in [0.1, 0.15) is 0 Å². The summed E-state index contributed by atoms with van der Waals surface area (Å²) in [6, 6.07) is 2.51. The largest absolute Gasteiger partial charge is 0.504 e. The third-order valence-electron chi connectivity index (χ3n) is 1.97. The second kappa shape index (κ2) is 5.54. The first-order valence-corrected chi connectivity index (χ1v) is 5.17. The fourth-order valence-electron chi connectivity index (χ4n) is 1.21. The van der Waals surface area contributed by atoms with Crippen LogP contribution >= 0.6 is 11.6 Å². The minimum absolute atomic E-state index is 0.0187. The van der Waals surface area contributed by atoms with Crippen molar-refractivity contribution < 1.29 is 24.2 Å². The van der Waals surface area contributed by atoms with Gasteiger partial charge in [-0.05, 0) is 13.0 Å². The number of hydrogen-bond donors (Lipinski definition) is 1.